The fourth-order valence-electron chi connectivity index (χ4n) is 2.06. The van der Waals surface area contributed by atoms with E-state index in [0.717, 1.165) is 0 Å². The Hall–Kier alpha value is -2.28. The molecular weight excluding hydrogens is 423 g/mol. The topological polar surface area (TPSA) is 139 Å². The highest BCUT2D eigenvalue weighted by Gasteiger charge is 2.16. The third-order valence-electron chi connectivity index (χ3n) is 2.94. The average molecular weight is 429 g/mol. The molecule has 4 heterocycles. The van der Waals surface area contributed by atoms with Gasteiger partial charge in [0.2, 0.25) is 11.9 Å². The van der Waals surface area contributed by atoms with Gasteiger partial charge in [-0.15, -0.1) is 0 Å². The predicted molar refractivity (Wildman–Crippen MR) is 88.0 cm³/mol. The zero-order valence-corrected chi connectivity index (χ0v) is 13.6. The molecule has 0 aliphatic carbocycles. The van der Waals surface area contributed by atoms with Crippen LogP contribution in [0.1, 0.15) is 0 Å². The summed E-state index contributed by atoms with van der Waals surface area (Å²) in [6.07, 6.45) is 3.09. The maximum Gasteiger partial charge on any atom is 0.223 e. The van der Waals surface area contributed by atoms with Crippen molar-refractivity contribution in [3.8, 4) is 0 Å². The Morgan fingerprint density at radius 2 is 1.41 bits per heavy atom. The Kier molecular flexibility index (Phi) is 2.80. The van der Waals surface area contributed by atoms with E-state index in [9.17, 15) is 0 Å². The van der Waals surface area contributed by atoms with Crippen LogP contribution in [0.25, 0.3) is 22.3 Å². The largest absolute Gasteiger partial charge is 0.368 e. The molecule has 4 aromatic heterocycles. The first-order valence-corrected chi connectivity index (χ1v) is 7.33. The summed E-state index contributed by atoms with van der Waals surface area (Å²) in [5, 5.41) is 0.175. The molecule has 0 fully saturated rings. The van der Waals surface area contributed by atoms with Gasteiger partial charge in [-0.25, -0.2) is 24.3 Å². The molecule has 4 N–H and O–H groups in total. The summed E-state index contributed by atoms with van der Waals surface area (Å²) in [6.45, 7) is 0. The standard InChI is InChI=1S/C10H6ClIN10/c11-5-3-7(19-9(13)17-5)21(1-15-3)22-2-16-4-6(12)18-10(14)20-8(4)22/h1-2H,(H2,13,17,19)(H2,14,18,20). The van der Waals surface area contributed by atoms with Gasteiger partial charge in [-0.2, -0.15) is 15.0 Å². The number of nitrogen functional groups attached to an aromatic ring is 2. The molecule has 22 heavy (non-hydrogen) atoms. The van der Waals surface area contributed by atoms with Crippen molar-refractivity contribution < 1.29 is 0 Å². The van der Waals surface area contributed by atoms with Gasteiger partial charge in [0.1, 0.15) is 27.4 Å². The number of hydrogen-bond donors (Lipinski definition) is 2. The lowest BCUT2D eigenvalue weighted by Gasteiger charge is -2.06. The first kappa shape index (κ1) is 13.4. The van der Waals surface area contributed by atoms with Crippen LogP contribution >= 0.6 is 34.2 Å². The SMILES string of the molecule is Nc1nc(Cl)c2ncn(-n3cnc4c(I)nc(N)nc43)c2n1. The van der Waals surface area contributed by atoms with Crippen molar-refractivity contribution in [1.29, 1.82) is 0 Å². The molecule has 0 radical (unpaired) electrons. The Labute approximate surface area is 140 Å². The van der Waals surface area contributed by atoms with Crippen molar-refractivity contribution in [3.05, 3.63) is 21.5 Å². The van der Waals surface area contributed by atoms with E-state index in [1.54, 1.807) is 15.7 Å². The average Bonchev–Trinajstić information content (AvgIpc) is 3.02. The second-order valence-electron chi connectivity index (χ2n) is 4.27. The third kappa shape index (κ3) is 1.85. The van der Waals surface area contributed by atoms with Crippen molar-refractivity contribution in [2.75, 3.05) is 11.5 Å². The minimum absolute atomic E-state index is 0.0485. The second-order valence-corrected chi connectivity index (χ2v) is 5.65. The van der Waals surface area contributed by atoms with Gasteiger partial charge in [-0.3, -0.25) is 0 Å². The summed E-state index contributed by atoms with van der Waals surface area (Å²) in [6, 6.07) is 0. The van der Waals surface area contributed by atoms with E-state index >= 15 is 0 Å². The molecule has 4 aromatic rings. The summed E-state index contributed by atoms with van der Waals surface area (Å²) >= 11 is 8.07. The molecule has 0 aromatic carbocycles. The minimum atomic E-state index is 0.0485. The first-order chi connectivity index (χ1) is 10.5. The van der Waals surface area contributed by atoms with Crippen LogP contribution in [0, 0.1) is 3.70 Å². The smallest absolute Gasteiger partial charge is 0.223 e. The van der Waals surface area contributed by atoms with Crippen LogP contribution in [0.15, 0.2) is 12.7 Å². The van der Waals surface area contributed by atoms with Gasteiger partial charge in [0, 0.05) is 0 Å². The number of hydrogen-bond acceptors (Lipinski definition) is 8. The van der Waals surface area contributed by atoms with Gasteiger partial charge in [0.05, 0.1) is 0 Å². The molecule has 0 bridgehead atoms. The molecule has 10 nitrogen and oxygen atoms in total. The van der Waals surface area contributed by atoms with E-state index in [4.69, 9.17) is 23.1 Å². The molecule has 0 saturated heterocycles. The van der Waals surface area contributed by atoms with Gasteiger partial charge in [-0.1, -0.05) is 11.6 Å². The molecule has 0 aliphatic rings. The predicted octanol–water partition coefficient (Wildman–Crippen LogP) is 0.700. The molecule has 0 spiro atoms. The molecule has 110 valence electrons. The Bertz CT molecular complexity index is 953. The molecule has 0 saturated carbocycles. The summed E-state index contributed by atoms with van der Waals surface area (Å²) in [4.78, 5) is 24.8. The van der Waals surface area contributed by atoms with E-state index in [1.807, 2.05) is 22.6 Å². The van der Waals surface area contributed by atoms with Crippen LogP contribution in [0.5, 0.6) is 0 Å². The lowest BCUT2D eigenvalue weighted by molar-refractivity contribution is 0.688. The van der Waals surface area contributed by atoms with Crippen molar-refractivity contribution >= 4 is 68.4 Å². The highest BCUT2D eigenvalue weighted by atomic mass is 127. The molecular formula is C10H6ClIN10. The number of imidazole rings is 2. The highest BCUT2D eigenvalue weighted by Crippen LogP contribution is 2.22. The monoisotopic (exact) mass is 428 g/mol. The number of fused-ring (bicyclic) bond motifs is 2. The van der Waals surface area contributed by atoms with Crippen LogP contribution in [-0.2, 0) is 0 Å². The zero-order chi connectivity index (χ0) is 15.4. The number of anilines is 2. The van der Waals surface area contributed by atoms with Crippen LogP contribution in [0.4, 0.5) is 11.9 Å². The van der Waals surface area contributed by atoms with E-state index in [0.29, 0.717) is 26.0 Å². The lowest BCUT2D eigenvalue weighted by Crippen LogP contribution is -2.10. The number of nitrogens with two attached hydrogens (primary N) is 2. The summed E-state index contributed by atoms with van der Waals surface area (Å²) < 4.78 is 3.89. The van der Waals surface area contributed by atoms with Crippen LogP contribution in [0.3, 0.4) is 0 Å². The Balaban J connectivity index is 2.08. The van der Waals surface area contributed by atoms with Crippen LogP contribution < -0.4 is 11.5 Å². The van der Waals surface area contributed by atoms with Crippen molar-refractivity contribution in [2.45, 2.75) is 0 Å². The van der Waals surface area contributed by atoms with Crippen molar-refractivity contribution in [1.82, 2.24) is 39.3 Å². The highest BCUT2D eigenvalue weighted by molar-refractivity contribution is 14.1. The van der Waals surface area contributed by atoms with E-state index in [-0.39, 0.29) is 17.0 Å². The molecule has 0 amide bonds. The van der Waals surface area contributed by atoms with Crippen LogP contribution in [-0.4, -0.2) is 39.3 Å². The van der Waals surface area contributed by atoms with Gasteiger partial charge < -0.3 is 11.5 Å². The van der Waals surface area contributed by atoms with E-state index in [2.05, 4.69) is 29.9 Å². The van der Waals surface area contributed by atoms with Crippen LogP contribution in [0.2, 0.25) is 5.15 Å². The molecule has 0 atom stereocenters. The van der Waals surface area contributed by atoms with Crippen molar-refractivity contribution in [2.24, 2.45) is 0 Å². The fourth-order valence-corrected chi connectivity index (χ4v) is 2.90. The zero-order valence-electron chi connectivity index (χ0n) is 10.6. The summed E-state index contributed by atoms with van der Waals surface area (Å²) in [7, 11) is 0. The molecule has 4 rings (SSSR count). The van der Waals surface area contributed by atoms with Gasteiger partial charge in [0.25, 0.3) is 0 Å². The third-order valence-corrected chi connectivity index (χ3v) is 3.95. The number of nitrogens with zero attached hydrogens (tertiary/aromatic N) is 8. The second kappa shape index (κ2) is 4.61. The summed E-state index contributed by atoms with van der Waals surface area (Å²) in [5.74, 6) is 0.197. The Morgan fingerprint density at radius 3 is 2.09 bits per heavy atom. The maximum atomic E-state index is 6.03. The lowest BCUT2D eigenvalue weighted by atomic mass is 10.5. The normalized spacial score (nSPS) is 11.5. The number of aromatic nitrogens is 8. The van der Waals surface area contributed by atoms with Gasteiger partial charge in [-0.05, 0) is 22.6 Å². The van der Waals surface area contributed by atoms with E-state index in [1.165, 1.54) is 6.33 Å². The van der Waals surface area contributed by atoms with Gasteiger partial charge >= 0.3 is 0 Å². The summed E-state index contributed by atoms with van der Waals surface area (Å²) in [5.41, 5.74) is 13.3. The molecule has 12 heteroatoms. The van der Waals surface area contributed by atoms with Gasteiger partial charge in [0.15, 0.2) is 16.4 Å². The molecule has 0 unspecified atom stereocenters. The van der Waals surface area contributed by atoms with E-state index < -0.39 is 0 Å². The number of rotatable bonds is 1. The molecule has 0 aliphatic heterocycles. The Morgan fingerprint density at radius 1 is 0.864 bits per heavy atom. The quantitative estimate of drug-likeness (QED) is 0.334. The van der Waals surface area contributed by atoms with Crippen molar-refractivity contribution in [3.63, 3.8) is 0 Å². The number of halogens is 2. The minimum Gasteiger partial charge on any atom is -0.368 e. The first-order valence-electron chi connectivity index (χ1n) is 5.87. The fraction of sp³-hybridized carbons (Fsp3) is 0. The maximum absolute atomic E-state index is 6.03.